The third kappa shape index (κ3) is 1.97. The SMILES string of the molecule is Nc1ccc(-c2cnc(N)c(CO)c2)cc1. The van der Waals surface area contributed by atoms with Crippen molar-refractivity contribution < 1.29 is 5.11 Å². The third-order valence-corrected chi connectivity index (χ3v) is 2.42. The number of aromatic nitrogens is 1. The molecular weight excluding hydrogens is 202 g/mol. The molecule has 0 atom stereocenters. The van der Waals surface area contributed by atoms with Crippen LogP contribution in [0.25, 0.3) is 11.1 Å². The van der Waals surface area contributed by atoms with Gasteiger partial charge in [0.1, 0.15) is 5.82 Å². The first kappa shape index (κ1) is 10.4. The van der Waals surface area contributed by atoms with Crippen LogP contribution in [0.15, 0.2) is 36.5 Å². The van der Waals surface area contributed by atoms with E-state index in [1.54, 1.807) is 6.20 Å². The Morgan fingerprint density at radius 3 is 2.38 bits per heavy atom. The number of nitrogens with zero attached hydrogens (tertiary/aromatic N) is 1. The Morgan fingerprint density at radius 2 is 1.75 bits per heavy atom. The predicted molar refractivity (Wildman–Crippen MR) is 64.4 cm³/mol. The molecule has 0 radical (unpaired) electrons. The topological polar surface area (TPSA) is 85.2 Å². The van der Waals surface area contributed by atoms with Crippen molar-refractivity contribution in [1.82, 2.24) is 4.98 Å². The molecule has 2 rings (SSSR count). The van der Waals surface area contributed by atoms with Crippen LogP contribution in [0.5, 0.6) is 0 Å². The van der Waals surface area contributed by atoms with Crippen molar-refractivity contribution in [1.29, 1.82) is 0 Å². The number of anilines is 2. The fraction of sp³-hybridized carbons (Fsp3) is 0.0833. The molecule has 2 aromatic rings. The molecule has 4 heteroatoms. The van der Waals surface area contributed by atoms with Crippen molar-refractivity contribution in [3.8, 4) is 11.1 Å². The Balaban J connectivity index is 2.44. The lowest BCUT2D eigenvalue weighted by Gasteiger charge is -2.06. The van der Waals surface area contributed by atoms with Crippen molar-refractivity contribution in [3.05, 3.63) is 42.1 Å². The van der Waals surface area contributed by atoms with E-state index in [0.29, 0.717) is 11.4 Å². The molecular formula is C12H13N3O. The zero-order valence-electron chi connectivity index (χ0n) is 8.72. The highest BCUT2D eigenvalue weighted by atomic mass is 16.3. The van der Waals surface area contributed by atoms with Crippen molar-refractivity contribution in [2.75, 3.05) is 11.5 Å². The lowest BCUT2D eigenvalue weighted by Crippen LogP contribution is -1.98. The molecule has 0 aliphatic heterocycles. The molecule has 0 unspecified atom stereocenters. The minimum atomic E-state index is -0.109. The minimum absolute atomic E-state index is 0.109. The summed E-state index contributed by atoms with van der Waals surface area (Å²) in [5.74, 6) is 0.363. The van der Waals surface area contributed by atoms with Crippen LogP contribution in [0.3, 0.4) is 0 Å². The normalized spacial score (nSPS) is 10.3. The summed E-state index contributed by atoms with van der Waals surface area (Å²) in [4.78, 5) is 4.04. The average molecular weight is 215 g/mol. The Labute approximate surface area is 93.5 Å². The zero-order valence-corrected chi connectivity index (χ0v) is 8.72. The second kappa shape index (κ2) is 4.20. The zero-order chi connectivity index (χ0) is 11.5. The van der Waals surface area contributed by atoms with Crippen molar-refractivity contribution in [2.45, 2.75) is 6.61 Å². The Hall–Kier alpha value is -2.07. The number of rotatable bonds is 2. The average Bonchev–Trinajstić information content (AvgIpc) is 2.31. The Morgan fingerprint density at radius 1 is 1.06 bits per heavy atom. The number of nitrogen functional groups attached to an aromatic ring is 2. The Bertz CT molecular complexity index is 494. The van der Waals surface area contributed by atoms with Crippen LogP contribution >= 0.6 is 0 Å². The second-order valence-electron chi connectivity index (χ2n) is 3.55. The van der Waals surface area contributed by atoms with Crippen LogP contribution < -0.4 is 11.5 Å². The largest absolute Gasteiger partial charge is 0.399 e. The standard InChI is InChI=1S/C12H13N3O/c13-11-3-1-8(2-4-11)9-5-10(7-16)12(14)15-6-9/h1-6,16H,7,13H2,(H2,14,15). The Kier molecular flexibility index (Phi) is 2.74. The van der Waals surface area contributed by atoms with Gasteiger partial charge in [0.05, 0.1) is 6.61 Å². The molecule has 0 aliphatic carbocycles. The van der Waals surface area contributed by atoms with E-state index in [9.17, 15) is 0 Å². The number of pyridine rings is 1. The molecule has 1 aromatic carbocycles. The van der Waals surface area contributed by atoms with Crippen LogP contribution in [0.1, 0.15) is 5.56 Å². The van der Waals surface area contributed by atoms with E-state index < -0.39 is 0 Å². The van der Waals surface area contributed by atoms with Gasteiger partial charge in [0.15, 0.2) is 0 Å². The number of aliphatic hydroxyl groups excluding tert-OH is 1. The molecule has 0 fully saturated rings. The summed E-state index contributed by atoms with van der Waals surface area (Å²) < 4.78 is 0. The quantitative estimate of drug-likeness (QED) is 0.661. The molecule has 0 aliphatic rings. The first-order valence-corrected chi connectivity index (χ1v) is 4.92. The van der Waals surface area contributed by atoms with E-state index in [1.807, 2.05) is 30.3 Å². The van der Waals surface area contributed by atoms with Gasteiger partial charge in [-0.3, -0.25) is 0 Å². The molecule has 82 valence electrons. The van der Waals surface area contributed by atoms with Crippen LogP contribution in [0, 0.1) is 0 Å². The highest BCUT2D eigenvalue weighted by molar-refractivity contribution is 5.66. The summed E-state index contributed by atoms with van der Waals surface area (Å²) in [6.45, 7) is -0.109. The molecule has 1 heterocycles. The van der Waals surface area contributed by atoms with E-state index >= 15 is 0 Å². The maximum atomic E-state index is 9.09. The van der Waals surface area contributed by atoms with Gasteiger partial charge in [-0.2, -0.15) is 0 Å². The second-order valence-corrected chi connectivity index (χ2v) is 3.55. The van der Waals surface area contributed by atoms with Crippen molar-refractivity contribution >= 4 is 11.5 Å². The van der Waals surface area contributed by atoms with Crippen LogP contribution in [0.2, 0.25) is 0 Å². The van der Waals surface area contributed by atoms with Gasteiger partial charge in [0, 0.05) is 23.0 Å². The third-order valence-electron chi connectivity index (χ3n) is 2.42. The minimum Gasteiger partial charge on any atom is -0.399 e. The lowest BCUT2D eigenvalue weighted by molar-refractivity contribution is 0.282. The highest BCUT2D eigenvalue weighted by Gasteiger charge is 2.03. The van der Waals surface area contributed by atoms with E-state index in [1.165, 1.54) is 0 Å². The molecule has 0 saturated heterocycles. The highest BCUT2D eigenvalue weighted by Crippen LogP contribution is 2.22. The van der Waals surface area contributed by atoms with E-state index in [-0.39, 0.29) is 6.61 Å². The fourth-order valence-corrected chi connectivity index (χ4v) is 1.48. The van der Waals surface area contributed by atoms with Crippen LogP contribution in [-0.4, -0.2) is 10.1 Å². The summed E-state index contributed by atoms with van der Waals surface area (Å²) in [7, 11) is 0. The van der Waals surface area contributed by atoms with Crippen molar-refractivity contribution in [3.63, 3.8) is 0 Å². The van der Waals surface area contributed by atoms with E-state index in [2.05, 4.69) is 4.98 Å². The molecule has 0 amide bonds. The summed E-state index contributed by atoms with van der Waals surface area (Å²) >= 11 is 0. The molecule has 5 N–H and O–H groups in total. The fourth-order valence-electron chi connectivity index (χ4n) is 1.48. The first-order chi connectivity index (χ1) is 7.70. The summed E-state index contributed by atoms with van der Waals surface area (Å²) in [6.07, 6.45) is 1.68. The van der Waals surface area contributed by atoms with E-state index in [0.717, 1.165) is 16.8 Å². The van der Waals surface area contributed by atoms with Gasteiger partial charge in [-0.15, -0.1) is 0 Å². The molecule has 0 spiro atoms. The lowest BCUT2D eigenvalue weighted by atomic mass is 10.1. The predicted octanol–water partition coefficient (Wildman–Crippen LogP) is 1.41. The van der Waals surface area contributed by atoms with E-state index in [4.69, 9.17) is 16.6 Å². The molecule has 0 bridgehead atoms. The monoisotopic (exact) mass is 215 g/mol. The maximum Gasteiger partial charge on any atom is 0.128 e. The van der Waals surface area contributed by atoms with Gasteiger partial charge in [0.25, 0.3) is 0 Å². The molecule has 0 saturated carbocycles. The van der Waals surface area contributed by atoms with Crippen LogP contribution in [-0.2, 0) is 6.61 Å². The van der Waals surface area contributed by atoms with Gasteiger partial charge in [-0.05, 0) is 23.8 Å². The van der Waals surface area contributed by atoms with Gasteiger partial charge < -0.3 is 16.6 Å². The molecule has 1 aromatic heterocycles. The number of nitrogens with two attached hydrogens (primary N) is 2. The van der Waals surface area contributed by atoms with Crippen molar-refractivity contribution in [2.24, 2.45) is 0 Å². The van der Waals surface area contributed by atoms with Gasteiger partial charge in [-0.1, -0.05) is 12.1 Å². The number of aliphatic hydroxyl groups is 1. The molecule has 16 heavy (non-hydrogen) atoms. The van der Waals surface area contributed by atoms with Gasteiger partial charge in [-0.25, -0.2) is 4.98 Å². The van der Waals surface area contributed by atoms with Gasteiger partial charge >= 0.3 is 0 Å². The van der Waals surface area contributed by atoms with Crippen LogP contribution in [0.4, 0.5) is 11.5 Å². The number of benzene rings is 1. The summed E-state index contributed by atoms with van der Waals surface area (Å²) in [5, 5.41) is 9.09. The number of hydrogen-bond donors (Lipinski definition) is 3. The smallest absolute Gasteiger partial charge is 0.128 e. The summed E-state index contributed by atoms with van der Waals surface area (Å²) in [5.41, 5.74) is 14.5. The first-order valence-electron chi connectivity index (χ1n) is 4.92. The van der Waals surface area contributed by atoms with Gasteiger partial charge in [0.2, 0.25) is 0 Å². The summed E-state index contributed by atoms with van der Waals surface area (Å²) in [6, 6.07) is 9.29. The number of hydrogen-bond acceptors (Lipinski definition) is 4. The molecule has 4 nitrogen and oxygen atoms in total. The maximum absolute atomic E-state index is 9.09.